The summed E-state index contributed by atoms with van der Waals surface area (Å²) in [6, 6.07) is 13.6. The molecule has 36 heavy (non-hydrogen) atoms. The van der Waals surface area contributed by atoms with Crippen molar-refractivity contribution in [2.45, 2.75) is 45.4 Å². The molecular weight excluding hydrogens is 452 g/mol. The lowest BCUT2D eigenvalue weighted by Crippen LogP contribution is -2.41. The minimum absolute atomic E-state index is 0.0987. The largest absolute Gasteiger partial charge is 0.466 e. The third kappa shape index (κ3) is 7.40. The molecule has 0 aromatic heterocycles. The van der Waals surface area contributed by atoms with Gasteiger partial charge in [-0.2, -0.15) is 5.10 Å². The second kappa shape index (κ2) is 12.7. The van der Waals surface area contributed by atoms with Crippen LogP contribution >= 0.6 is 0 Å². The number of anilines is 1. The average molecular weight is 491 g/mol. The Balaban J connectivity index is 1.30. The van der Waals surface area contributed by atoms with Crippen LogP contribution in [0, 0.1) is 5.92 Å². The third-order valence-electron chi connectivity index (χ3n) is 7.03. The molecule has 7 heteroatoms. The van der Waals surface area contributed by atoms with Gasteiger partial charge in [-0.1, -0.05) is 31.5 Å². The summed E-state index contributed by atoms with van der Waals surface area (Å²) >= 11 is 0. The van der Waals surface area contributed by atoms with Gasteiger partial charge < -0.3 is 15.0 Å². The zero-order valence-electron chi connectivity index (χ0n) is 21.5. The normalized spacial score (nSPS) is 18.2. The van der Waals surface area contributed by atoms with E-state index in [9.17, 15) is 9.59 Å². The quantitative estimate of drug-likeness (QED) is 0.321. The molecule has 1 atom stereocenters. The lowest BCUT2D eigenvalue weighted by atomic mass is 9.82. The van der Waals surface area contributed by atoms with E-state index in [0.29, 0.717) is 18.6 Å². The summed E-state index contributed by atoms with van der Waals surface area (Å²) < 4.78 is 5.35. The Morgan fingerprint density at radius 3 is 2.61 bits per heavy atom. The molecule has 4 rings (SSSR count). The standard InChI is InChI=1S/C29H38N4O3/c1-3-4-17-36-28(34)19-23-7-8-24-11-12-27(20-26(24)18-23)31-29(35)25-9-5-22(6-10-25)21-30-33-15-13-32(2)14-16-33/h5-6,9-12,20-21,23H,3-4,7-8,13-19H2,1-2H3,(H,31,35)/b30-21+. The van der Waals surface area contributed by atoms with E-state index >= 15 is 0 Å². The van der Waals surface area contributed by atoms with Crippen molar-refractivity contribution < 1.29 is 14.3 Å². The number of esters is 1. The Morgan fingerprint density at radius 2 is 1.86 bits per heavy atom. The molecule has 192 valence electrons. The van der Waals surface area contributed by atoms with Crippen molar-refractivity contribution in [2.75, 3.05) is 45.2 Å². The predicted octanol–water partition coefficient (Wildman–Crippen LogP) is 4.36. The number of fused-ring (bicyclic) bond motifs is 1. The number of rotatable bonds is 9. The molecule has 2 aromatic rings. The number of piperazine rings is 1. The van der Waals surface area contributed by atoms with Gasteiger partial charge in [-0.25, -0.2) is 0 Å². The number of hydrazone groups is 1. The average Bonchev–Trinajstić information content (AvgIpc) is 2.88. The topological polar surface area (TPSA) is 74.2 Å². The number of nitrogens with one attached hydrogen (secondary N) is 1. The third-order valence-corrected chi connectivity index (χ3v) is 7.03. The van der Waals surface area contributed by atoms with Crippen molar-refractivity contribution in [3.05, 3.63) is 64.7 Å². The van der Waals surface area contributed by atoms with E-state index in [1.54, 1.807) is 0 Å². The van der Waals surface area contributed by atoms with Crippen molar-refractivity contribution in [3.8, 4) is 0 Å². The van der Waals surface area contributed by atoms with Crippen LogP contribution in [0.3, 0.4) is 0 Å². The number of benzene rings is 2. The van der Waals surface area contributed by atoms with E-state index in [2.05, 4.69) is 46.4 Å². The molecule has 2 aliphatic rings. The molecule has 1 aliphatic heterocycles. The van der Waals surface area contributed by atoms with Gasteiger partial charge in [-0.05, 0) is 79.6 Å². The van der Waals surface area contributed by atoms with Crippen molar-refractivity contribution in [1.29, 1.82) is 0 Å². The van der Waals surface area contributed by atoms with E-state index in [1.165, 1.54) is 11.1 Å². The lowest BCUT2D eigenvalue weighted by Gasteiger charge is -2.30. The molecule has 1 fully saturated rings. The highest BCUT2D eigenvalue weighted by molar-refractivity contribution is 6.04. The first-order valence-electron chi connectivity index (χ1n) is 13.2. The molecule has 1 unspecified atom stereocenters. The van der Waals surface area contributed by atoms with Gasteiger partial charge in [0.25, 0.3) is 5.91 Å². The Labute approximate surface area is 214 Å². The Kier molecular flexibility index (Phi) is 9.11. The first kappa shape index (κ1) is 25.9. The fourth-order valence-corrected chi connectivity index (χ4v) is 4.69. The maximum atomic E-state index is 12.8. The predicted molar refractivity (Wildman–Crippen MR) is 144 cm³/mol. The molecule has 1 saturated heterocycles. The van der Waals surface area contributed by atoms with E-state index in [0.717, 1.165) is 69.5 Å². The van der Waals surface area contributed by atoms with Gasteiger partial charge in [0, 0.05) is 43.9 Å². The number of ether oxygens (including phenoxy) is 1. The summed E-state index contributed by atoms with van der Waals surface area (Å²) in [5.41, 5.74) is 4.87. The SMILES string of the molecule is CCCCOC(=O)CC1CCc2ccc(NC(=O)c3ccc(/C=N/N4CCN(C)CC4)cc3)cc2C1. The first-order valence-corrected chi connectivity index (χ1v) is 13.2. The second-order valence-electron chi connectivity index (χ2n) is 9.95. The summed E-state index contributed by atoms with van der Waals surface area (Å²) in [5, 5.41) is 9.67. The Morgan fingerprint density at radius 1 is 1.08 bits per heavy atom. The molecule has 1 N–H and O–H groups in total. The van der Waals surface area contributed by atoms with Crippen LogP contribution in [0.25, 0.3) is 0 Å². The fraction of sp³-hybridized carbons (Fsp3) is 0.483. The number of aryl methyl sites for hydroxylation is 1. The van der Waals surface area contributed by atoms with Gasteiger partial charge in [-0.3, -0.25) is 14.6 Å². The molecule has 0 spiro atoms. The summed E-state index contributed by atoms with van der Waals surface area (Å²) in [4.78, 5) is 27.3. The van der Waals surface area contributed by atoms with Gasteiger partial charge in [0.1, 0.15) is 0 Å². The van der Waals surface area contributed by atoms with Gasteiger partial charge in [-0.15, -0.1) is 0 Å². The van der Waals surface area contributed by atoms with Crippen LogP contribution in [0.4, 0.5) is 5.69 Å². The van der Waals surface area contributed by atoms with Crippen molar-refractivity contribution >= 4 is 23.8 Å². The highest BCUT2D eigenvalue weighted by Gasteiger charge is 2.22. The van der Waals surface area contributed by atoms with Crippen LogP contribution < -0.4 is 5.32 Å². The fourth-order valence-electron chi connectivity index (χ4n) is 4.69. The number of carbonyl (C=O) groups excluding carboxylic acids is 2. The number of amides is 1. The second-order valence-corrected chi connectivity index (χ2v) is 9.95. The summed E-state index contributed by atoms with van der Waals surface area (Å²) in [6.07, 6.45) is 7.03. The van der Waals surface area contributed by atoms with Crippen molar-refractivity contribution in [2.24, 2.45) is 11.0 Å². The van der Waals surface area contributed by atoms with Crippen LogP contribution in [-0.4, -0.2) is 67.8 Å². The Hall–Kier alpha value is -3.19. The van der Waals surface area contributed by atoms with Crippen LogP contribution in [0.1, 0.15) is 59.7 Å². The number of carbonyl (C=O) groups is 2. The van der Waals surface area contributed by atoms with Crippen LogP contribution in [0.2, 0.25) is 0 Å². The highest BCUT2D eigenvalue weighted by Crippen LogP contribution is 2.30. The first-order chi connectivity index (χ1) is 17.5. The van der Waals surface area contributed by atoms with Gasteiger partial charge in [0.05, 0.1) is 12.8 Å². The van der Waals surface area contributed by atoms with Crippen LogP contribution in [0.15, 0.2) is 47.6 Å². The highest BCUT2D eigenvalue weighted by atomic mass is 16.5. The molecule has 7 nitrogen and oxygen atoms in total. The molecular formula is C29H38N4O3. The molecule has 0 radical (unpaired) electrons. The molecule has 1 heterocycles. The van der Waals surface area contributed by atoms with E-state index in [-0.39, 0.29) is 17.8 Å². The molecule has 1 aliphatic carbocycles. The zero-order valence-corrected chi connectivity index (χ0v) is 21.5. The molecule has 2 aromatic carbocycles. The molecule has 0 bridgehead atoms. The van der Waals surface area contributed by atoms with Crippen molar-refractivity contribution in [3.63, 3.8) is 0 Å². The van der Waals surface area contributed by atoms with E-state index in [1.807, 2.05) is 36.5 Å². The number of hydrogen-bond acceptors (Lipinski definition) is 6. The van der Waals surface area contributed by atoms with E-state index < -0.39 is 0 Å². The van der Waals surface area contributed by atoms with Crippen molar-refractivity contribution in [1.82, 2.24) is 9.91 Å². The maximum absolute atomic E-state index is 12.8. The number of unbranched alkanes of at least 4 members (excludes halogenated alkanes) is 1. The molecule has 0 saturated carbocycles. The maximum Gasteiger partial charge on any atom is 0.306 e. The monoisotopic (exact) mass is 490 g/mol. The summed E-state index contributed by atoms with van der Waals surface area (Å²) in [7, 11) is 2.12. The lowest BCUT2D eigenvalue weighted by molar-refractivity contribution is -0.145. The van der Waals surface area contributed by atoms with Crippen LogP contribution in [0.5, 0.6) is 0 Å². The van der Waals surface area contributed by atoms with Gasteiger partial charge in [0.15, 0.2) is 0 Å². The summed E-state index contributed by atoms with van der Waals surface area (Å²) in [6.45, 7) is 6.49. The minimum atomic E-state index is -0.135. The minimum Gasteiger partial charge on any atom is -0.466 e. The van der Waals surface area contributed by atoms with Gasteiger partial charge >= 0.3 is 5.97 Å². The Bertz CT molecular complexity index is 1060. The number of nitrogens with zero attached hydrogens (tertiary/aromatic N) is 3. The summed E-state index contributed by atoms with van der Waals surface area (Å²) in [5.74, 6) is 0.0559. The van der Waals surface area contributed by atoms with E-state index in [4.69, 9.17) is 4.74 Å². The number of likely N-dealkylation sites (N-methyl/N-ethyl adjacent to an activating group) is 1. The van der Waals surface area contributed by atoms with Gasteiger partial charge in [0.2, 0.25) is 0 Å². The zero-order chi connectivity index (χ0) is 25.3. The smallest absolute Gasteiger partial charge is 0.306 e. The molecule has 1 amide bonds. The number of hydrogen-bond donors (Lipinski definition) is 1. The van der Waals surface area contributed by atoms with Crippen LogP contribution in [-0.2, 0) is 22.4 Å².